The van der Waals surface area contributed by atoms with Crippen molar-refractivity contribution in [1.82, 2.24) is 0 Å². The Hall–Kier alpha value is -1.12. The molecule has 0 fully saturated rings. The second kappa shape index (κ2) is 5.71. The molecule has 0 saturated heterocycles. The summed E-state index contributed by atoms with van der Waals surface area (Å²) in [6, 6.07) is 2.99. The van der Waals surface area contributed by atoms with E-state index in [4.69, 9.17) is 0 Å². The highest BCUT2D eigenvalue weighted by atomic mass is 79.9. The molecule has 0 aliphatic heterocycles. The van der Waals surface area contributed by atoms with Crippen LogP contribution in [0.25, 0.3) is 0 Å². The fraction of sp³-hybridized carbons (Fsp3) is 0.364. The van der Waals surface area contributed by atoms with E-state index in [2.05, 4.69) is 15.9 Å². The van der Waals surface area contributed by atoms with Gasteiger partial charge in [0.1, 0.15) is 5.82 Å². The van der Waals surface area contributed by atoms with E-state index in [1.807, 2.05) is 0 Å². The second-order valence-electron chi connectivity index (χ2n) is 3.90. The molecule has 1 nitrogen and oxygen atoms in total. The molecule has 20 heavy (non-hydrogen) atoms. The first-order valence-corrected chi connectivity index (χ1v) is 5.82. The Morgan fingerprint density at radius 1 is 1.10 bits per heavy atom. The molecule has 0 N–H and O–H groups in total. The predicted molar refractivity (Wildman–Crippen MR) is 58.4 cm³/mol. The molecule has 1 rings (SSSR count). The molecule has 1 aromatic carbocycles. The van der Waals surface area contributed by atoms with Crippen LogP contribution in [0.4, 0.5) is 30.7 Å². The van der Waals surface area contributed by atoms with Gasteiger partial charge in [0.25, 0.3) is 0 Å². The van der Waals surface area contributed by atoms with Gasteiger partial charge in [0.15, 0.2) is 5.78 Å². The van der Waals surface area contributed by atoms with E-state index in [0.29, 0.717) is 0 Å². The Morgan fingerprint density at radius 2 is 1.60 bits per heavy atom. The lowest BCUT2D eigenvalue weighted by Crippen LogP contribution is -2.43. The van der Waals surface area contributed by atoms with Gasteiger partial charge in [-0.25, -0.2) is 4.39 Å². The molecule has 1 aromatic rings. The van der Waals surface area contributed by atoms with E-state index < -0.39 is 41.9 Å². The topological polar surface area (TPSA) is 17.1 Å². The number of carbonyl (C=O) groups excluding carboxylic acids is 1. The number of benzene rings is 1. The van der Waals surface area contributed by atoms with E-state index in [1.54, 1.807) is 0 Å². The average Bonchev–Trinajstić information content (AvgIpc) is 2.18. The van der Waals surface area contributed by atoms with Gasteiger partial charge in [0.05, 0.1) is 0 Å². The lowest BCUT2D eigenvalue weighted by Gasteiger charge is -2.21. The summed E-state index contributed by atoms with van der Waals surface area (Å²) in [5, 5.41) is 0. The highest BCUT2D eigenvalue weighted by molar-refractivity contribution is 9.10. The molecular formula is C11H6BrF7O. The third-order valence-corrected chi connectivity index (χ3v) is 2.84. The molecule has 112 valence electrons. The van der Waals surface area contributed by atoms with Crippen LogP contribution in [0.15, 0.2) is 22.7 Å². The van der Waals surface area contributed by atoms with Crippen molar-refractivity contribution in [3.63, 3.8) is 0 Å². The molecule has 0 bridgehead atoms. The Kier molecular flexibility index (Phi) is 4.83. The Morgan fingerprint density at radius 3 is 2.05 bits per heavy atom. The van der Waals surface area contributed by atoms with Crippen LogP contribution in [0.1, 0.15) is 5.56 Å². The zero-order valence-electron chi connectivity index (χ0n) is 9.45. The molecule has 0 unspecified atom stereocenters. The van der Waals surface area contributed by atoms with Gasteiger partial charge in [-0.3, -0.25) is 4.79 Å². The zero-order valence-corrected chi connectivity index (χ0v) is 11.0. The first kappa shape index (κ1) is 16.9. The maximum atomic E-state index is 13.3. The van der Waals surface area contributed by atoms with Gasteiger partial charge in [0.2, 0.25) is 5.92 Å². The second-order valence-corrected chi connectivity index (χ2v) is 4.81. The van der Waals surface area contributed by atoms with Crippen molar-refractivity contribution in [2.24, 2.45) is 5.92 Å². The van der Waals surface area contributed by atoms with Crippen molar-refractivity contribution in [1.29, 1.82) is 0 Å². The molecule has 0 amide bonds. The van der Waals surface area contributed by atoms with Gasteiger partial charge < -0.3 is 0 Å². The van der Waals surface area contributed by atoms with Crippen LogP contribution in [-0.4, -0.2) is 18.1 Å². The van der Waals surface area contributed by atoms with Crippen LogP contribution < -0.4 is 0 Å². The molecule has 0 saturated carbocycles. The van der Waals surface area contributed by atoms with E-state index in [9.17, 15) is 35.5 Å². The lowest BCUT2D eigenvalue weighted by atomic mass is 9.96. The smallest absolute Gasteiger partial charge is 0.298 e. The lowest BCUT2D eigenvalue weighted by molar-refractivity contribution is -0.273. The normalized spacial score (nSPS) is 12.8. The van der Waals surface area contributed by atoms with E-state index in [1.165, 1.54) is 6.07 Å². The minimum absolute atomic E-state index is 0.234. The molecule has 9 heteroatoms. The number of hydrogen-bond acceptors (Lipinski definition) is 1. The SMILES string of the molecule is O=C(Cc1cc(Br)ccc1F)C(C(F)(F)F)C(F)(F)F. The fourth-order valence-electron chi connectivity index (χ4n) is 1.52. The van der Waals surface area contributed by atoms with Crippen LogP contribution in [0.5, 0.6) is 0 Å². The number of hydrogen-bond donors (Lipinski definition) is 0. The number of carbonyl (C=O) groups is 1. The monoisotopic (exact) mass is 366 g/mol. The summed E-state index contributed by atoms with van der Waals surface area (Å²) >= 11 is 2.88. The number of halogens is 8. The predicted octanol–water partition coefficient (Wildman–Crippen LogP) is 4.44. The number of ketones is 1. The van der Waals surface area contributed by atoms with Crippen LogP contribution in [-0.2, 0) is 11.2 Å². The highest BCUT2D eigenvalue weighted by Gasteiger charge is 2.60. The molecule has 0 heterocycles. The minimum Gasteiger partial charge on any atom is -0.298 e. The summed E-state index contributed by atoms with van der Waals surface area (Å²) in [5.74, 6) is -7.32. The number of Topliss-reactive ketones (excluding diaryl/α,β-unsaturated/α-hetero) is 1. The van der Waals surface area contributed by atoms with Crippen molar-refractivity contribution in [3.05, 3.63) is 34.1 Å². The van der Waals surface area contributed by atoms with Crippen LogP contribution >= 0.6 is 15.9 Å². The van der Waals surface area contributed by atoms with E-state index in [-0.39, 0.29) is 4.47 Å². The van der Waals surface area contributed by atoms with Gasteiger partial charge in [0, 0.05) is 10.9 Å². The van der Waals surface area contributed by atoms with Gasteiger partial charge in [-0.2, -0.15) is 26.3 Å². The Labute approximate surface area is 116 Å². The summed E-state index contributed by atoms with van der Waals surface area (Å²) in [6.07, 6.45) is -12.8. The maximum Gasteiger partial charge on any atom is 0.407 e. The highest BCUT2D eigenvalue weighted by Crippen LogP contribution is 2.40. The maximum absolute atomic E-state index is 13.3. The van der Waals surface area contributed by atoms with E-state index >= 15 is 0 Å². The van der Waals surface area contributed by atoms with Crippen LogP contribution in [0.3, 0.4) is 0 Å². The van der Waals surface area contributed by atoms with Crippen molar-refractivity contribution in [3.8, 4) is 0 Å². The quantitative estimate of drug-likeness (QED) is 0.722. The van der Waals surface area contributed by atoms with Gasteiger partial charge in [-0.15, -0.1) is 0 Å². The summed E-state index contributed by atoms with van der Waals surface area (Å²) in [7, 11) is 0. The molecule has 0 aliphatic carbocycles. The standard InChI is InChI=1S/C11H6BrF7O/c12-6-1-2-7(13)5(3-6)4-8(20)9(10(14,15)16)11(17,18)19/h1-3,9H,4H2. The van der Waals surface area contributed by atoms with Crippen LogP contribution in [0, 0.1) is 11.7 Å². The molecular weight excluding hydrogens is 361 g/mol. The summed E-state index contributed by atoms with van der Waals surface area (Å²) in [5.41, 5.74) is -0.539. The van der Waals surface area contributed by atoms with Crippen LogP contribution in [0.2, 0.25) is 0 Å². The van der Waals surface area contributed by atoms with Crippen molar-refractivity contribution in [2.75, 3.05) is 0 Å². The van der Waals surface area contributed by atoms with Gasteiger partial charge in [-0.05, 0) is 23.8 Å². The summed E-state index contributed by atoms with van der Waals surface area (Å²) in [4.78, 5) is 11.2. The largest absolute Gasteiger partial charge is 0.407 e. The first-order chi connectivity index (χ1) is 8.93. The van der Waals surface area contributed by atoms with Crippen molar-refractivity contribution in [2.45, 2.75) is 18.8 Å². The number of rotatable bonds is 3. The third kappa shape index (κ3) is 4.19. The number of alkyl halides is 6. The summed E-state index contributed by atoms with van der Waals surface area (Å²) < 4.78 is 87.3. The third-order valence-electron chi connectivity index (χ3n) is 2.35. The average molecular weight is 367 g/mol. The molecule has 0 aromatic heterocycles. The molecule has 0 atom stereocenters. The Bertz CT molecular complexity index is 492. The van der Waals surface area contributed by atoms with Gasteiger partial charge >= 0.3 is 12.4 Å². The molecule has 0 aliphatic rings. The Balaban J connectivity index is 3.07. The van der Waals surface area contributed by atoms with Crippen molar-refractivity contribution < 1.29 is 35.5 Å². The van der Waals surface area contributed by atoms with Crippen molar-refractivity contribution >= 4 is 21.7 Å². The van der Waals surface area contributed by atoms with E-state index in [0.717, 1.165) is 12.1 Å². The minimum atomic E-state index is -5.77. The van der Waals surface area contributed by atoms with Gasteiger partial charge in [-0.1, -0.05) is 15.9 Å². The molecule has 0 radical (unpaired) electrons. The fourth-order valence-corrected chi connectivity index (χ4v) is 1.93. The zero-order chi connectivity index (χ0) is 15.7. The first-order valence-electron chi connectivity index (χ1n) is 5.03. The summed E-state index contributed by atoms with van der Waals surface area (Å²) in [6.45, 7) is 0. The molecule has 0 spiro atoms.